The first-order chi connectivity index (χ1) is 9.81. The zero-order chi connectivity index (χ0) is 13.5. The second kappa shape index (κ2) is 4.86. The van der Waals surface area contributed by atoms with Gasteiger partial charge in [-0.1, -0.05) is 47.9 Å². The predicted molar refractivity (Wildman–Crippen MR) is 83.0 cm³/mol. The maximum absolute atomic E-state index is 6.35. The molecular formula is C15H14ClN3S. The van der Waals surface area contributed by atoms with E-state index in [9.17, 15) is 0 Å². The minimum atomic E-state index is 0.572. The fourth-order valence-electron chi connectivity index (χ4n) is 2.88. The number of aromatic nitrogens is 3. The molecule has 3 aromatic rings. The lowest BCUT2D eigenvalue weighted by molar-refractivity contribution is 0.678. The molecule has 0 amide bonds. The van der Waals surface area contributed by atoms with Gasteiger partial charge in [0.05, 0.1) is 15.9 Å². The number of para-hydroxylation sites is 1. The molecule has 102 valence electrons. The maximum Gasteiger partial charge on any atom is 0.212 e. The Morgan fingerprint density at radius 2 is 2.00 bits per heavy atom. The normalized spacial score (nSPS) is 16.2. The van der Waals surface area contributed by atoms with Crippen molar-refractivity contribution < 1.29 is 0 Å². The van der Waals surface area contributed by atoms with Gasteiger partial charge in [0.1, 0.15) is 5.15 Å². The summed E-state index contributed by atoms with van der Waals surface area (Å²) < 4.78 is 2.94. The van der Waals surface area contributed by atoms with Crippen molar-refractivity contribution in [1.82, 2.24) is 14.8 Å². The average molecular weight is 304 g/mol. The maximum atomic E-state index is 6.35. The zero-order valence-corrected chi connectivity index (χ0v) is 12.5. The smallest absolute Gasteiger partial charge is 0.212 e. The molecule has 20 heavy (non-hydrogen) atoms. The van der Waals surface area contributed by atoms with Crippen LogP contribution in [0.4, 0.5) is 0 Å². The van der Waals surface area contributed by atoms with E-state index >= 15 is 0 Å². The Labute approximate surface area is 126 Å². The van der Waals surface area contributed by atoms with Crippen molar-refractivity contribution in [2.45, 2.75) is 31.6 Å². The summed E-state index contributed by atoms with van der Waals surface area (Å²) in [6.45, 7) is 0. The highest BCUT2D eigenvalue weighted by Gasteiger charge is 2.22. The Balaban J connectivity index is 1.77. The lowest BCUT2D eigenvalue weighted by Gasteiger charge is -2.02. The van der Waals surface area contributed by atoms with Crippen molar-refractivity contribution in [3.63, 3.8) is 0 Å². The Morgan fingerprint density at radius 1 is 1.20 bits per heavy atom. The van der Waals surface area contributed by atoms with Crippen LogP contribution in [0.3, 0.4) is 0 Å². The molecule has 1 aromatic carbocycles. The second-order valence-electron chi connectivity index (χ2n) is 5.25. The van der Waals surface area contributed by atoms with Gasteiger partial charge in [-0.2, -0.15) is 9.78 Å². The molecule has 0 saturated heterocycles. The van der Waals surface area contributed by atoms with Crippen LogP contribution in [0.1, 0.15) is 37.3 Å². The Kier molecular flexibility index (Phi) is 3.00. The van der Waals surface area contributed by atoms with E-state index in [4.69, 9.17) is 11.6 Å². The predicted octanol–water partition coefficient (Wildman–Crippen LogP) is 4.79. The number of halogens is 1. The summed E-state index contributed by atoms with van der Waals surface area (Å²) in [6.07, 6.45) is 5.06. The molecule has 2 heterocycles. The first kappa shape index (κ1) is 12.4. The molecule has 0 spiro atoms. The summed E-state index contributed by atoms with van der Waals surface area (Å²) in [5.41, 5.74) is 2.12. The van der Waals surface area contributed by atoms with Gasteiger partial charge in [-0.05, 0) is 31.0 Å². The fourth-order valence-corrected chi connectivity index (χ4v) is 4.09. The number of rotatable bonds is 2. The van der Waals surface area contributed by atoms with Gasteiger partial charge in [0.25, 0.3) is 0 Å². The first-order valence-corrected chi connectivity index (χ1v) is 8.12. The fraction of sp³-hybridized carbons (Fsp3) is 0.333. The third-order valence-electron chi connectivity index (χ3n) is 3.92. The van der Waals surface area contributed by atoms with E-state index < -0.39 is 0 Å². The van der Waals surface area contributed by atoms with Crippen LogP contribution in [0.15, 0.2) is 30.3 Å². The summed E-state index contributed by atoms with van der Waals surface area (Å²) in [5, 5.41) is 6.20. The van der Waals surface area contributed by atoms with Crippen LogP contribution in [-0.4, -0.2) is 14.8 Å². The van der Waals surface area contributed by atoms with Crippen LogP contribution < -0.4 is 0 Å². The number of fused-ring (bicyclic) bond motifs is 1. The Bertz CT molecular complexity index is 722. The number of benzene rings is 1. The standard InChI is InChI=1S/C15H14ClN3S/c16-14-9-12(10-5-1-2-6-10)18-19(14)15-17-11-7-3-4-8-13(11)20-15/h3-4,7-10H,1-2,5-6H2. The lowest BCUT2D eigenvalue weighted by atomic mass is 10.1. The van der Waals surface area contributed by atoms with E-state index in [2.05, 4.69) is 16.1 Å². The molecule has 0 aliphatic heterocycles. The minimum Gasteiger partial charge on any atom is -0.218 e. The van der Waals surface area contributed by atoms with Crippen LogP contribution >= 0.6 is 22.9 Å². The lowest BCUT2D eigenvalue weighted by Crippen LogP contribution is -1.99. The van der Waals surface area contributed by atoms with Crippen molar-refractivity contribution in [3.05, 3.63) is 41.2 Å². The Morgan fingerprint density at radius 3 is 2.80 bits per heavy atom. The van der Waals surface area contributed by atoms with Crippen LogP contribution in [0.5, 0.6) is 0 Å². The largest absolute Gasteiger partial charge is 0.218 e. The first-order valence-electron chi connectivity index (χ1n) is 6.93. The molecule has 1 saturated carbocycles. The Hall–Kier alpha value is -1.39. The number of hydrogen-bond acceptors (Lipinski definition) is 3. The quantitative estimate of drug-likeness (QED) is 0.681. The third kappa shape index (κ3) is 2.03. The molecule has 4 rings (SSSR count). The highest BCUT2D eigenvalue weighted by atomic mass is 35.5. The minimum absolute atomic E-state index is 0.572. The molecule has 1 fully saturated rings. The van der Waals surface area contributed by atoms with Gasteiger partial charge < -0.3 is 0 Å². The molecule has 1 aliphatic rings. The van der Waals surface area contributed by atoms with Crippen LogP contribution in [0.25, 0.3) is 15.3 Å². The summed E-state index contributed by atoms with van der Waals surface area (Å²) in [4.78, 5) is 4.62. The van der Waals surface area contributed by atoms with Crippen molar-refractivity contribution >= 4 is 33.2 Å². The van der Waals surface area contributed by atoms with Gasteiger partial charge in [0.15, 0.2) is 0 Å². The van der Waals surface area contributed by atoms with Gasteiger partial charge in [-0.3, -0.25) is 0 Å². The average Bonchev–Trinajstić information content (AvgIpc) is 3.16. The van der Waals surface area contributed by atoms with Gasteiger partial charge in [0.2, 0.25) is 5.13 Å². The molecule has 0 N–H and O–H groups in total. The third-order valence-corrected chi connectivity index (χ3v) is 5.20. The summed E-state index contributed by atoms with van der Waals surface area (Å²) in [7, 11) is 0. The highest BCUT2D eigenvalue weighted by Crippen LogP contribution is 2.35. The van der Waals surface area contributed by atoms with E-state index in [1.807, 2.05) is 24.3 Å². The van der Waals surface area contributed by atoms with Crippen LogP contribution in [0, 0.1) is 0 Å². The van der Waals surface area contributed by atoms with Gasteiger partial charge in [-0.15, -0.1) is 0 Å². The molecule has 3 nitrogen and oxygen atoms in total. The molecule has 0 unspecified atom stereocenters. The van der Waals surface area contributed by atoms with Crippen molar-refractivity contribution in [3.8, 4) is 5.13 Å². The molecule has 0 radical (unpaired) electrons. The van der Waals surface area contributed by atoms with E-state index in [0.717, 1.165) is 21.0 Å². The van der Waals surface area contributed by atoms with Gasteiger partial charge >= 0.3 is 0 Å². The zero-order valence-electron chi connectivity index (χ0n) is 10.9. The van der Waals surface area contributed by atoms with Gasteiger partial charge in [0, 0.05) is 5.92 Å². The number of thiazole rings is 1. The monoisotopic (exact) mass is 303 g/mol. The molecule has 0 atom stereocenters. The van der Waals surface area contributed by atoms with E-state index in [1.54, 1.807) is 16.0 Å². The molecule has 1 aliphatic carbocycles. The van der Waals surface area contributed by atoms with Crippen molar-refractivity contribution in [1.29, 1.82) is 0 Å². The SMILES string of the molecule is Clc1cc(C2CCCC2)nn1-c1nc2ccccc2s1. The molecule has 0 bridgehead atoms. The van der Waals surface area contributed by atoms with E-state index in [0.29, 0.717) is 11.1 Å². The van der Waals surface area contributed by atoms with Crippen LogP contribution in [0.2, 0.25) is 5.15 Å². The molecule has 2 aromatic heterocycles. The summed E-state index contributed by atoms with van der Waals surface area (Å²) in [5.74, 6) is 0.572. The van der Waals surface area contributed by atoms with E-state index in [1.165, 1.54) is 25.7 Å². The van der Waals surface area contributed by atoms with Crippen molar-refractivity contribution in [2.75, 3.05) is 0 Å². The number of hydrogen-bond donors (Lipinski definition) is 0. The second-order valence-corrected chi connectivity index (χ2v) is 6.65. The van der Waals surface area contributed by atoms with Crippen molar-refractivity contribution in [2.24, 2.45) is 0 Å². The van der Waals surface area contributed by atoms with Gasteiger partial charge in [-0.25, -0.2) is 4.98 Å². The molecule has 5 heteroatoms. The topological polar surface area (TPSA) is 30.7 Å². The van der Waals surface area contributed by atoms with Crippen LogP contribution in [-0.2, 0) is 0 Å². The number of nitrogens with zero attached hydrogens (tertiary/aromatic N) is 3. The highest BCUT2D eigenvalue weighted by molar-refractivity contribution is 7.20. The molecular weight excluding hydrogens is 290 g/mol. The summed E-state index contributed by atoms with van der Waals surface area (Å²) in [6, 6.07) is 10.1. The van der Waals surface area contributed by atoms with E-state index in [-0.39, 0.29) is 0 Å². The summed E-state index contributed by atoms with van der Waals surface area (Å²) >= 11 is 7.98.